The summed E-state index contributed by atoms with van der Waals surface area (Å²) >= 11 is 1.48. The van der Waals surface area contributed by atoms with Crippen LogP contribution in [0.5, 0.6) is 0 Å². The Kier molecular flexibility index (Phi) is 8.58. The third-order valence-electron chi connectivity index (χ3n) is 4.09. The third-order valence-corrected chi connectivity index (χ3v) is 5.16. The predicted octanol–water partition coefficient (Wildman–Crippen LogP) is 2.27. The monoisotopic (exact) mass is 359 g/mol. The fourth-order valence-corrected chi connectivity index (χ4v) is 3.64. The molecule has 0 aromatic carbocycles. The van der Waals surface area contributed by atoms with Crippen molar-refractivity contribution in [1.82, 2.24) is 15.5 Å². The van der Waals surface area contributed by atoms with Crippen LogP contribution in [0.25, 0.3) is 0 Å². The predicted molar refractivity (Wildman–Crippen MR) is 96.3 cm³/mol. The molecule has 0 bridgehead atoms. The molecule has 0 radical (unpaired) electrons. The van der Waals surface area contributed by atoms with Crippen LogP contribution in [0.3, 0.4) is 0 Å². The van der Waals surface area contributed by atoms with E-state index >= 15 is 0 Å². The number of halogens is 1. The van der Waals surface area contributed by atoms with E-state index in [-0.39, 0.29) is 24.2 Å². The maximum atomic E-state index is 12.5. The summed E-state index contributed by atoms with van der Waals surface area (Å²) in [5.41, 5.74) is 0. The van der Waals surface area contributed by atoms with Crippen molar-refractivity contribution >= 4 is 35.6 Å². The molecule has 7 heteroatoms. The number of rotatable bonds is 6. The van der Waals surface area contributed by atoms with E-state index in [9.17, 15) is 9.59 Å². The van der Waals surface area contributed by atoms with Gasteiger partial charge in [-0.3, -0.25) is 9.59 Å². The second kappa shape index (κ2) is 9.90. The number of nitrogens with zero attached hydrogens (tertiary/aromatic N) is 1. The van der Waals surface area contributed by atoms with E-state index in [1.165, 1.54) is 24.7 Å². The lowest BCUT2D eigenvalue weighted by atomic mass is 9.93. The van der Waals surface area contributed by atoms with Crippen molar-refractivity contribution in [3.8, 4) is 0 Å². The van der Waals surface area contributed by atoms with Gasteiger partial charge in [0, 0.05) is 24.9 Å². The lowest BCUT2D eigenvalue weighted by Gasteiger charge is -2.31. The average Bonchev–Trinajstić information content (AvgIpc) is 2.99. The molecule has 5 nitrogen and oxygen atoms in total. The van der Waals surface area contributed by atoms with Gasteiger partial charge in [0.1, 0.15) is 0 Å². The zero-order valence-corrected chi connectivity index (χ0v) is 15.4. The zero-order valence-electron chi connectivity index (χ0n) is 13.8. The number of thiophene rings is 1. The summed E-state index contributed by atoms with van der Waals surface area (Å²) in [4.78, 5) is 27.2. The Bertz CT molecular complexity index is 513. The SMILES string of the molecule is CNCCC1CCN(C(=O)c2ccc(CNC(C)=O)s2)CC1.Cl. The molecule has 1 aliphatic rings. The highest BCUT2D eigenvalue weighted by molar-refractivity contribution is 7.14. The largest absolute Gasteiger partial charge is 0.351 e. The first-order valence-electron chi connectivity index (χ1n) is 7.87. The molecule has 0 unspecified atom stereocenters. The molecule has 1 fully saturated rings. The van der Waals surface area contributed by atoms with Crippen molar-refractivity contribution in [3.05, 3.63) is 21.9 Å². The molecule has 1 saturated heterocycles. The summed E-state index contributed by atoms with van der Waals surface area (Å²) in [7, 11) is 1.98. The standard InChI is InChI=1S/C16H25N3O2S.ClH/c1-12(20)18-11-14-3-4-15(22-14)16(21)19-9-6-13(7-10-19)5-8-17-2;/h3-4,13,17H,5-11H2,1-2H3,(H,18,20);1H. The van der Waals surface area contributed by atoms with Gasteiger partial charge in [-0.1, -0.05) is 0 Å². The van der Waals surface area contributed by atoms with Crippen LogP contribution in [0.4, 0.5) is 0 Å². The van der Waals surface area contributed by atoms with Crippen molar-refractivity contribution < 1.29 is 9.59 Å². The second-order valence-electron chi connectivity index (χ2n) is 5.80. The summed E-state index contributed by atoms with van der Waals surface area (Å²) in [5, 5.41) is 5.95. The highest BCUT2D eigenvalue weighted by atomic mass is 35.5. The maximum Gasteiger partial charge on any atom is 0.263 e. The lowest BCUT2D eigenvalue weighted by molar-refractivity contribution is -0.119. The minimum absolute atomic E-state index is 0. The smallest absolute Gasteiger partial charge is 0.263 e. The molecule has 130 valence electrons. The van der Waals surface area contributed by atoms with Crippen LogP contribution < -0.4 is 10.6 Å². The quantitative estimate of drug-likeness (QED) is 0.819. The molecule has 1 aromatic rings. The van der Waals surface area contributed by atoms with Crippen LogP contribution in [0.1, 0.15) is 40.7 Å². The molecular formula is C16H26ClN3O2S. The lowest BCUT2D eigenvalue weighted by Crippen LogP contribution is -2.38. The van der Waals surface area contributed by atoms with Crippen LogP contribution in [0.2, 0.25) is 0 Å². The zero-order chi connectivity index (χ0) is 15.9. The van der Waals surface area contributed by atoms with Gasteiger partial charge in [0.15, 0.2) is 0 Å². The summed E-state index contributed by atoms with van der Waals surface area (Å²) in [6, 6.07) is 3.80. The second-order valence-corrected chi connectivity index (χ2v) is 6.97. The first-order chi connectivity index (χ1) is 10.6. The third kappa shape index (κ3) is 6.12. The minimum Gasteiger partial charge on any atom is -0.351 e. The fourth-order valence-electron chi connectivity index (χ4n) is 2.73. The Morgan fingerprint density at radius 2 is 2.00 bits per heavy atom. The highest BCUT2D eigenvalue weighted by Crippen LogP contribution is 2.24. The van der Waals surface area contributed by atoms with E-state index < -0.39 is 0 Å². The molecule has 0 aliphatic carbocycles. The van der Waals surface area contributed by atoms with E-state index in [0.717, 1.165) is 48.1 Å². The molecule has 0 saturated carbocycles. The summed E-state index contributed by atoms with van der Waals surface area (Å²) < 4.78 is 0. The van der Waals surface area contributed by atoms with Gasteiger partial charge < -0.3 is 15.5 Å². The van der Waals surface area contributed by atoms with Crippen LogP contribution in [0.15, 0.2) is 12.1 Å². The number of carbonyl (C=O) groups is 2. The first kappa shape index (κ1) is 19.9. The molecule has 0 atom stereocenters. The molecule has 2 amide bonds. The average molecular weight is 360 g/mol. The summed E-state index contributed by atoms with van der Waals surface area (Å²) in [5.74, 6) is 0.811. The van der Waals surface area contributed by atoms with Gasteiger partial charge >= 0.3 is 0 Å². The molecule has 2 N–H and O–H groups in total. The number of likely N-dealkylation sites (tertiary alicyclic amines) is 1. The van der Waals surface area contributed by atoms with Crippen LogP contribution in [-0.4, -0.2) is 43.4 Å². The van der Waals surface area contributed by atoms with Crippen molar-refractivity contribution in [2.24, 2.45) is 5.92 Å². The normalized spacial score (nSPS) is 15.1. The highest BCUT2D eigenvalue weighted by Gasteiger charge is 2.24. The molecule has 2 heterocycles. The molecule has 1 aliphatic heterocycles. The van der Waals surface area contributed by atoms with Gasteiger partial charge in [-0.2, -0.15) is 0 Å². The van der Waals surface area contributed by atoms with Crippen LogP contribution in [0, 0.1) is 5.92 Å². The van der Waals surface area contributed by atoms with Gasteiger partial charge in [-0.25, -0.2) is 0 Å². The van der Waals surface area contributed by atoms with Gasteiger partial charge in [0.05, 0.1) is 11.4 Å². The maximum absolute atomic E-state index is 12.5. The fraction of sp³-hybridized carbons (Fsp3) is 0.625. The van der Waals surface area contributed by atoms with Crippen LogP contribution in [-0.2, 0) is 11.3 Å². The molecule has 2 rings (SSSR count). The van der Waals surface area contributed by atoms with Gasteiger partial charge in [-0.15, -0.1) is 23.7 Å². The Labute approximate surface area is 148 Å². The van der Waals surface area contributed by atoms with E-state index in [1.54, 1.807) is 0 Å². The van der Waals surface area contributed by atoms with Gasteiger partial charge in [0.2, 0.25) is 5.91 Å². The van der Waals surface area contributed by atoms with E-state index in [4.69, 9.17) is 0 Å². The first-order valence-corrected chi connectivity index (χ1v) is 8.69. The number of amides is 2. The van der Waals surface area contributed by atoms with Crippen molar-refractivity contribution in [3.63, 3.8) is 0 Å². The van der Waals surface area contributed by atoms with Crippen molar-refractivity contribution in [2.75, 3.05) is 26.7 Å². The Morgan fingerprint density at radius 3 is 2.61 bits per heavy atom. The van der Waals surface area contributed by atoms with Gasteiger partial charge in [-0.05, 0) is 50.9 Å². The van der Waals surface area contributed by atoms with Crippen molar-refractivity contribution in [1.29, 1.82) is 0 Å². The number of nitrogens with one attached hydrogen (secondary N) is 2. The molecule has 23 heavy (non-hydrogen) atoms. The number of piperidine rings is 1. The Balaban J connectivity index is 0.00000264. The summed E-state index contributed by atoms with van der Waals surface area (Å²) in [6.07, 6.45) is 3.38. The minimum atomic E-state index is -0.0510. The number of hydrogen-bond donors (Lipinski definition) is 2. The van der Waals surface area contributed by atoms with Crippen molar-refractivity contribution in [2.45, 2.75) is 32.7 Å². The topological polar surface area (TPSA) is 61.4 Å². The summed E-state index contributed by atoms with van der Waals surface area (Å²) in [6.45, 7) is 4.76. The van der Waals surface area contributed by atoms with E-state index in [2.05, 4.69) is 10.6 Å². The van der Waals surface area contributed by atoms with E-state index in [0.29, 0.717) is 6.54 Å². The van der Waals surface area contributed by atoms with E-state index in [1.807, 2.05) is 24.1 Å². The Hall–Kier alpha value is -1.11. The van der Waals surface area contributed by atoms with Crippen LogP contribution >= 0.6 is 23.7 Å². The number of carbonyl (C=O) groups excluding carboxylic acids is 2. The Morgan fingerprint density at radius 1 is 1.30 bits per heavy atom. The molecule has 1 aromatic heterocycles. The molecule has 0 spiro atoms. The van der Waals surface area contributed by atoms with Gasteiger partial charge in [0.25, 0.3) is 5.91 Å². The molecular weight excluding hydrogens is 334 g/mol. The number of hydrogen-bond acceptors (Lipinski definition) is 4.